The first kappa shape index (κ1) is 19.2. The summed E-state index contributed by atoms with van der Waals surface area (Å²) in [5, 5.41) is 10.1. The van der Waals surface area contributed by atoms with Gasteiger partial charge in [0.2, 0.25) is 5.78 Å². The molecule has 0 amide bonds. The highest BCUT2D eigenvalue weighted by atomic mass is 16.5. The van der Waals surface area contributed by atoms with E-state index in [-0.39, 0.29) is 36.7 Å². The van der Waals surface area contributed by atoms with Gasteiger partial charge in [0.15, 0.2) is 5.78 Å². The van der Waals surface area contributed by atoms with Crippen molar-refractivity contribution < 1.29 is 29.0 Å². The second-order valence-corrected chi connectivity index (χ2v) is 5.49. The van der Waals surface area contributed by atoms with Crippen molar-refractivity contribution in [1.82, 2.24) is 0 Å². The van der Waals surface area contributed by atoms with Gasteiger partial charge in [-0.05, 0) is 12.1 Å². The molecule has 0 saturated carbocycles. The number of ketones is 2. The second-order valence-electron chi connectivity index (χ2n) is 5.49. The van der Waals surface area contributed by atoms with Crippen molar-refractivity contribution in [3.8, 4) is 11.5 Å². The monoisotopic (exact) mass is 356 g/mol. The lowest BCUT2D eigenvalue weighted by molar-refractivity contribution is -0.153. The normalized spacial score (nSPS) is 10.2. The van der Waals surface area contributed by atoms with Gasteiger partial charge in [-0.2, -0.15) is 0 Å². The van der Waals surface area contributed by atoms with Crippen LogP contribution in [0.3, 0.4) is 0 Å². The van der Waals surface area contributed by atoms with Crippen LogP contribution in [0.5, 0.6) is 11.5 Å². The van der Waals surface area contributed by atoms with Crippen LogP contribution in [0.2, 0.25) is 0 Å². The van der Waals surface area contributed by atoms with Crippen LogP contribution < -0.4 is 4.74 Å². The first-order chi connectivity index (χ1) is 12.5. The molecule has 0 aliphatic carbocycles. The summed E-state index contributed by atoms with van der Waals surface area (Å²) in [5.41, 5.74) is 0.676. The molecular formula is C20H20O6. The molecule has 0 atom stereocenters. The minimum atomic E-state index is -0.839. The average molecular weight is 356 g/mol. The fourth-order valence-corrected chi connectivity index (χ4v) is 2.18. The number of Topliss-reactive ketones (excluding diaryl/α,β-unsaturated/α-hetero) is 1. The molecule has 0 heterocycles. The maximum atomic E-state index is 12.3. The number of esters is 1. The fraction of sp³-hybridized carbons (Fsp3) is 0.250. The third-order valence-corrected chi connectivity index (χ3v) is 3.59. The van der Waals surface area contributed by atoms with Gasteiger partial charge in [0.25, 0.3) is 0 Å². The standard InChI is InChI=1S/C20H20O6/c1-2-17(21)20(24)26-12-6-11-25-15-9-10-16(18(22)13-15)19(23)14-7-4-3-5-8-14/h3-5,7-10,13,22H,2,6,11-12H2,1H3. The van der Waals surface area contributed by atoms with E-state index in [9.17, 15) is 19.5 Å². The summed E-state index contributed by atoms with van der Waals surface area (Å²) in [4.78, 5) is 34.6. The van der Waals surface area contributed by atoms with Crippen LogP contribution in [-0.4, -0.2) is 35.9 Å². The Labute approximate surface area is 151 Å². The Kier molecular flexibility index (Phi) is 6.91. The van der Waals surface area contributed by atoms with Crippen molar-refractivity contribution in [3.63, 3.8) is 0 Å². The van der Waals surface area contributed by atoms with Crippen molar-refractivity contribution in [3.05, 3.63) is 59.7 Å². The molecule has 26 heavy (non-hydrogen) atoms. The summed E-state index contributed by atoms with van der Waals surface area (Å²) in [7, 11) is 0. The molecule has 0 radical (unpaired) electrons. The van der Waals surface area contributed by atoms with E-state index < -0.39 is 11.8 Å². The molecule has 0 fully saturated rings. The Hall–Kier alpha value is -3.15. The zero-order valence-electron chi connectivity index (χ0n) is 14.4. The van der Waals surface area contributed by atoms with Gasteiger partial charge in [-0.3, -0.25) is 9.59 Å². The summed E-state index contributed by atoms with van der Waals surface area (Å²) >= 11 is 0. The molecule has 0 saturated heterocycles. The van der Waals surface area contributed by atoms with Gasteiger partial charge in [-0.15, -0.1) is 0 Å². The molecule has 1 N–H and O–H groups in total. The molecule has 6 heteroatoms. The largest absolute Gasteiger partial charge is 0.507 e. The van der Waals surface area contributed by atoms with Crippen LogP contribution in [0.1, 0.15) is 35.7 Å². The Morgan fingerprint density at radius 2 is 1.73 bits per heavy atom. The topological polar surface area (TPSA) is 89.9 Å². The van der Waals surface area contributed by atoms with Crippen LogP contribution >= 0.6 is 0 Å². The van der Waals surface area contributed by atoms with E-state index in [2.05, 4.69) is 0 Å². The highest BCUT2D eigenvalue weighted by Crippen LogP contribution is 2.26. The van der Waals surface area contributed by atoms with E-state index in [4.69, 9.17) is 9.47 Å². The first-order valence-corrected chi connectivity index (χ1v) is 8.28. The minimum Gasteiger partial charge on any atom is -0.507 e. The van der Waals surface area contributed by atoms with Gasteiger partial charge in [-0.25, -0.2) is 4.79 Å². The molecule has 0 spiro atoms. The molecule has 0 unspecified atom stereocenters. The molecule has 2 aromatic rings. The number of phenols is 1. The van der Waals surface area contributed by atoms with E-state index in [0.717, 1.165) is 0 Å². The predicted molar refractivity (Wildman–Crippen MR) is 94.4 cm³/mol. The van der Waals surface area contributed by atoms with Crippen LogP contribution in [0.4, 0.5) is 0 Å². The van der Waals surface area contributed by atoms with Crippen LogP contribution in [0.15, 0.2) is 48.5 Å². The highest BCUT2D eigenvalue weighted by Gasteiger charge is 2.14. The summed E-state index contributed by atoms with van der Waals surface area (Å²) in [6.07, 6.45) is 0.511. The number of hydrogen-bond acceptors (Lipinski definition) is 6. The van der Waals surface area contributed by atoms with Gasteiger partial charge in [0.05, 0.1) is 18.8 Å². The van der Waals surface area contributed by atoms with Gasteiger partial charge < -0.3 is 14.6 Å². The molecule has 6 nitrogen and oxygen atoms in total. The summed E-state index contributed by atoms with van der Waals surface area (Å²) in [6.45, 7) is 1.89. The highest BCUT2D eigenvalue weighted by molar-refractivity contribution is 6.33. The number of aromatic hydroxyl groups is 1. The van der Waals surface area contributed by atoms with Crippen molar-refractivity contribution in [2.45, 2.75) is 19.8 Å². The van der Waals surface area contributed by atoms with E-state index in [1.165, 1.54) is 12.1 Å². The van der Waals surface area contributed by atoms with Gasteiger partial charge in [0.1, 0.15) is 11.5 Å². The number of carbonyl (C=O) groups excluding carboxylic acids is 3. The van der Waals surface area contributed by atoms with Crippen molar-refractivity contribution in [2.75, 3.05) is 13.2 Å². The number of carbonyl (C=O) groups is 3. The summed E-state index contributed by atoms with van der Waals surface area (Å²) in [5.74, 6) is -1.45. The van der Waals surface area contributed by atoms with Gasteiger partial charge in [0, 0.05) is 24.5 Å². The maximum Gasteiger partial charge on any atom is 0.374 e. The smallest absolute Gasteiger partial charge is 0.374 e. The number of benzene rings is 2. The lowest BCUT2D eigenvalue weighted by Gasteiger charge is -2.09. The van der Waals surface area contributed by atoms with Crippen molar-refractivity contribution in [2.24, 2.45) is 0 Å². The quantitative estimate of drug-likeness (QED) is 0.322. The number of phenolic OH excluding ortho intramolecular Hbond substituents is 1. The van der Waals surface area contributed by atoms with Crippen LogP contribution in [0.25, 0.3) is 0 Å². The van der Waals surface area contributed by atoms with Crippen molar-refractivity contribution >= 4 is 17.5 Å². The first-order valence-electron chi connectivity index (χ1n) is 8.28. The van der Waals surface area contributed by atoms with Crippen molar-refractivity contribution in [1.29, 1.82) is 0 Å². The summed E-state index contributed by atoms with van der Waals surface area (Å²) < 4.78 is 10.2. The number of rotatable bonds is 9. The molecule has 2 rings (SSSR count). The fourth-order valence-electron chi connectivity index (χ4n) is 2.18. The maximum absolute atomic E-state index is 12.3. The molecule has 0 aliphatic heterocycles. The SMILES string of the molecule is CCC(=O)C(=O)OCCCOc1ccc(C(=O)c2ccccc2)c(O)c1. The summed E-state index contributed by atoms with van der Waals surface area (Å²) in [6, 6.07) is 13.1. The number of ether oxygens (including phenoxy) is 2. The second kappa shape index (κ2) is 9.36. The third-order valence-electron chi connectivity index (χ3n) is 3.59. The lowest BCUT2D eigenvalue weighted by Crippen LogP contribution is -2.17. The van der Waals surface area contributed by atoms with Gasteiger partial charge in [-0.1, -0.05) is 37.3 Å². The molecular weight excluding hydrogens is 336 g/mol. The molecule has 0 aliphatic rings. The van der Waals surface area contributed by atoms with E-state index >= 15 is 0 Å². The average Bonchev–Trinajstić information content (AvgIpc) is 2.67. The Morgan fingerprint density at radius 1 is 1.00 bits per heavy atom. The Balaban J connectivity index is 1.85. The molecule has 136 valence electrons. The lowest BCUT2D eigenvalue weighted by atomic mass is 10.0. The van der Waals surface area contributed by atoms with Gasteiger partial charge >= 0.3 is 5.97 Å². The Morgan fingerprint density at radius 3 is 2.38 bits per heavy atom. The zero-order valence-corrected chi connectivity index (χ0v) is 14.4. The van der Waals surface area contributed by atoms with Crippen LogP contribution in [-0.2, 0) is 14.3 Å². The number of hydrogen-bond donors (Lipinski definition) is 1. The zero-order chi connectivity index (χ0) is 18.9. The van der Waals surface area contributed by atoms with Crippen LogP contribution in [0, 0.1) is 0 Å². The van der Waals surface area contributed by atoms with E-state index in [0.29, 0.717) is 17.7 Å². The predicted octanol–water partition coefficient (Wildman–Crippen LogP) is 2.91. The van der Waals surface area contributed by atoms with E-state index in [1.54, 1.807) is 37.3 Å². The molecule has 2 aromatic carbocycles. The Bertz CT molecular complexity index is 782. The third kappa shape index (κ3) is 5.17. The van der Waals surface area contributed by atoms with E-state index in [1.807, 2.05) is 6.07 Å². The molecule has 0 bridgehead atoms. The minimum absolute atomic E-state index is 0.0706. The molecule has 0 aromatic heterocycles.